The number of likely N-dealkylation sites (tertiary alicyclic amines) is 1. The minimum absolute atomic E-state index is 0.0125. The molecule has 0 spiro atoms. The lowest BCUT2D eigenvalue weighted by molar-refractivity contribution is -0.133. The van der Waals surface area contributed by atoms with Crippen LogP contribution in [0, 0.1) is 35.2 Å². The molecule has 1 aliphatic heterocycles. The Kier molecular flexibility index (Phi) is 7.67. The minimum Gasteiger partial charge on any atom is -0.352 e. The molecule has 3 amide bonds. The van der Waals surface area contributed by atoms with Crippen LogP contribution >= 0.6 is 0 Å². The predicted molar refractivity (Wildman–Crippen MR) is 137 cm³/mol. The smallest absolute Gasteiger partial charge is 0.225 e. The van der Waals surface area contributed by atoms with E-state index in [0.29, 0.717) is 24.2 Å². The second-order valence-electron chi connectivity index (χ2n) is 10.2. The van der Waals surface area contributed by atoms with Crippen molar-refractivity contribution in [3.63, 3.8) is 0 Å². The molecule has 2 N–H and O–H groups in total. The number of benzene rings is 3. The van der Waals surface area contributed by atoms with Crippen LogP contribution in [0.1, 0.15) is 29.2 Å². The van der Waals surface area contributed by atoms with Crippen LogP contribution in [0.25, 0.3) is 0 Å². The average Bonchev–Trinajstić information content (AvgIpc) is 3.39. The van der Waals surface area contributed by atoms with Gasteiger partial charge in [-0.1, -0.05) is 42.5 Å². The molecule has 202 valence electrons. The van der Waals surface area contributed by atoms with E-state index in [9.17, 15) is 27.6 Å². The Morgan fingerprint density at radius 2 is 1.51 bits per heavy atom. The highest BCUT2D eigenvalue weighted by Gasteiger charge is 2.60. The zero-order valence-corrected chi connectivity index (χ0v) is 21.1. The van der Waals surface area contributed by atoms with Crippen LogP contribution in [0.2, 0.25) is 0 Å². The summed E-state index contributed by atoms with van der Waals surface area (Å²) in [5, 5.41) is 5.61. The fourth-order valence-corrected chi connectivity index (χ4v) is 5.44. The third-order valence-electron chi connectivity index (χ3n) is 7.41. The van der Waals surface area contributed by atoms with Gasteiger partial charge in [-0.25, -0.2) is 13.2 Å². The van der Waals surface area contributed by atoms with Crippen molar-refractivity contribution in [1.82, 2.24) is 15.5 Å². The zero-order chi connectivity index (χ0) is 27.5. The number of halogens is 3. The van der Waals surface area contributed by atoms with Gasteiger partial charge in [0, 0.05) is 31.6 Å². The molecule has 2 aliphatic rings. The van der Waals surface area contributed by atoms with Crippen molar-refractivity contribution >= 4 is 17.7 Å². The van der Waals surface area contributed by atoms with Gasteiger partial charge in [0.15, 0.2) is 0 Å². The largest absolute Gasteiger partial charge is 0.352 e. The predicted octanol–water partition coefficient (Wildman–Crippen LogP) is 3.91. The summed E-state index contributed by atoms with van der Waals surface area (Å²) in [7, 11) is 0. The summed E-state index contributed by atoms with van der Waals surface area (Å²) in [6, 6.07) is 17.4. The number of rotatable bonds is 9. The number of amides is 3. The molecule has 0 radical (unpaired) electrons. The summed E-state index contributed by atoms with van der Waals surface area (Å²) >= 11 is 0. The fraction of sp³-hybridized carbons (Fsp3) is 0.300. The van der Waals surface area contributed by atoms with E-state index in [2.05, 4.69) is 10.6 Å². The topological polar surface area (TPSA) is 78.5 Å². The van der Waals surface area contributed by atoms with Gasteiger partial charge in [-0.2, -0.15) is 0 Å². The highest BCUT2D eigenvalue weighted by molar-refractivity contribution is 5.85. The summed E-state index contributed by atoms with van der Waals surface area (Å²) in [5.41, 5.74) is 1.66. The number of nitrogens with one attached hydrogen (secondary N) is 2. The van der Waals surface area contributed by atoms with E-state index in [1.54, 1.807) is 11.0 Å². The maximum Gasteiger partial charge on any atom is 0.225 e. The van der Waals surface area contributed by atoms with Crippen molar-refractivity contribution in [2.24, 2.45) is 17.8 Å². The number of hydrogen-bond acceptors (Lipinski definition) is 3. The van der Waals surface area contributed by atoms with Crippen LogP contribution < -0.4 is 10.6 Å². The van der Waals surface area contributed by atoms with Gasteiger partial charge in [-0.05, 0) is 52.8 Å². The molecule has 3 aromatic rings. The van der Waals surface area contributed by atoms with Crippen LogP contribution in [-0.4, -0.2) is 35.7 Å². The van der Waals surface area contributed by atoms with Crippen LogP contribution in [0.4, 0.5) is 13.2 Å². The summed E-state index contributed by atoms with van der Waals surface area (Å²) in [6.45, 7) is 0.831. The minimum atomic E-state index is -0.704. The van der Waals surface area contributed by atoms with Gasteiger partial charge in [0.2, 0.25) is 17.7 Å². The van der Waals surface area contributed by atoms with Crippen LogP contribution in [0.3, 0.4) is 0 Å². The van der Waals surface area contributed by atoms with E-state index in [1.165, 1.54) is 30.3 Å². The third kappa shape index (κ3) is 6.47. The van der Waals surface area contributed by atoms with E-state index in [4.69, 9.17) is 0 Å². The Labute approximate surface area is 224 Å². The molecule has 3 unspecified atom stereocenters. The first-order valence-corrected chi connectivity index (χ1v) is 12.9. The number of piperidine rings is 1. The molecular formula is C30H28F3N3O3. The average molecular weight is 536 g/mol. The molecule has 2 fully saturated rings. The Balaban J connectivity index is 1.16. The van der Waals surface area contributed by atoms with E-state index in [0.717, 1.165) is 11.6 Å². The standard InChI is InChI=1S/C30H28F3N3O3/c31-21-8-4-7-20(12-21)26(35-27(37)11-18-5-2-1-3-6-18)14-28(38)36-16-24-25(17-36)29(24)30(39)34-15-19-9-22(32)13-23(33)10-19/h1-10,12-13,24-26,29H,11,14-17H2,(H,34,39)(H,35,37). The summed E-state index contributed by atoms with van der Waals surface area (Å²) in [5.74, 6) is -2.76. The van der Waals surface area contributed by atoms with E-state index in [1.807, 2.05) is 30.3 Å². The molecule has 6 nitrogen and oxygen atoms in total. The summed E-state index contributed by atoms with van der Waals surface area (Å²) in [6.07, 6.45) is 0.0964. The molecule has 0 bridgehead atoms. The van der Waals surface area contributed by atoms with Gasteiger partial charge in [-0.3, -0.25) is 14.4 Å². The molecule has 1 saturated heterocycles. The molecular weight excluding hydrogens is 507 g/mol. The number of nitrogens with zero attached hydrogens (tertiary/aromatic N) is 1. The molecule has 1 saturated carbocycles. The molecule has 3 aromatic carbocycles. The van der Waals surface area contributed by atoms with Crippen molar-refractivity contribution in [3.8, 4) is 0 Å². The van der Waals surface area contributed by atoms with Crippen molar-refractivity contribution in [1.29, 1.82) is 0 Å². The van der Waals surface area contributed by atoms with Crippen molar-refractivity contribution in [2.75, 3.05) is 13.1 Å². The second kappa shape index (κ2) is 11.3. The number of carbonyl (C=O) groups is 3. The number of carbonyl (C=O) groups excluding carboxylic acids is 3. The molecule has 1 aliphatic carbocycles. The highest BCUT2D eigenvalue weighted by atomic mass is 19.1. The van der Waals surface area contributed by atoms with E-state index < -0.39 is 23.5 Å². The molecule has 5 rings (SSSR count). The van der Waals surface area contributed by atoms with Crippen LogP contribution in [-0.2, 0) is 27.3 Å². The normalized spacial score (nSPS) is 20.2. The molecule has 39 heavy (non-hydrogen) atoms. The van der Waals surface area contributed by atoms with E-state index >= 15 is 0 Å². The lowest BCUT2D eigenvalue weighted by Crippen LogP contribution is -2.38. The first-order valence-electron chi connectivity index (χ1n) is 12.9. The van der Waals surface area contributed by atoms with E-state index in [-0.39, 0.29) is 54.9 Å². The first kappa shape index (κ1) is 26.5. The molecule has 3 atom stereocenters. The lowest BCUT2D eigenvalue weighted by atomic mass is 10.0. The van der Waals surface area contributed by atoms with Gasteiger partial charge < -0.3 is 15.5 Å². The number of fused-ring (bicyclic) bond motifs is 1. The van der Waals surface area contributed by atoms with Crippen LogP contribution in [0.5, 0.6) is 0 Å². The SMILES string of the molecule is O=C(Cc1ccccc1)NC(CC(=O)N1CC2C(C1)C2C(=O)NCc1cc(F)cc(F)c1)c1cccc(F)c1. The maximum absolute atomic E-state index is 14.0. The molecule has 1 heterocycles. The van der Waals surface area contributed by atoms with Crippen molar-refractivity contribution in [2.45, 2.75) is 25.4 Å². The Hall–Kier alpha value is -4.14. The van der Waals surface area contributed by atoms with Crippen molar-refractivity contribution < 1.29 is 27.6 Å². The van der Waals surface area contributed by atoms with Gasteiger partial charge in [0.25, 0.3) is 0 Å². The summed E-state index contributed by atoms with van der Waals surface area (Å²) < 4.78 is 40.7. The Morgan fingerprint density at radius 1 is 0.821 bits per heavy atom. The molecule has 0 aromatic heterocycles. The Morgan fingerprint density at radius 3 is 2.18 bits per heavy atom. The Bertz CT molecular complexity index is 1350. The van der Waals surface area contributed by atoms with Gasteiger partial charge in [0.05, 0.1) is 18.9 Å². The quantitative estimate of drug-likeness (QED) is 0.436. The van der Waals surface area contributed by atoms with Gasteiger partial charge in [0.1, 0.15) is 17.5 Å². The fourth-order valence-electron chi connectivity index (χ4n) is 5.44. The van der Waals surface area contributed by atoms with Gasteiger partial charge in [-0.15, -0.1) is 0 Å². The van der Waals surface area contributed by atoms with Gasteiger partial charge >= 0.3 is 0 Å². The summed E-state index contributed by atoms with van der Waals surface area (Å²) in [4.78, 5) is 40.2. The van der Waals surface area contributed by atoms with Crippen LogP contribution in [0.15, 0.2) is 72.8 Å². The van der Waals surface area contributed by atoms with Crippen molar-refractivity contribution in [3.05, 3.63) is 107 Å². The maximum atomic E-state index is 14.0. The zero-order valence-electron chi connectivity index (χ0n) is 21.1. The first-order chi connectivity index (χ1) is 18.8. The highest BCUT2D eigenvalue weighted by Crippen LogP contribution is 2.52. The monoisotopic (exact) mass is 535 g/mol. The second-order valence-corrected chi connectivity index (χ2v) is 10.2. The third-order valence-corrected chi connectivity index (χ3v) is 7.41. The number of hydrogen-bond donors (Lipinski definition) is 2. The molecule has 9 heteroatoms. The lowest BCUT2D eigenvalue weighted by Gasteiger charge is -2.24.